The maximum atomic E-state index is 12.4. The highest BCUT2D eigenvalue weighted by atomic mass is 32.1. The summed E-state index contributed by atoms with van der Waals surface area (Å²) in [6.07, 6.45) is 5.30. The van der Waals surface area contributed by atoms with Gasteiger partial charge in [-0.1, -0.05) is 0 Å². The Morgan fingerprint density at radius 1 is 1.53 bits per heavy atom. The summed E-state index contributed by atoms with van der Waals surface area (Å²) in [6.45, 7) is 5.95. The van der Waals surface area contributed by atoms with Gasteiger partial charge in [-0.15, -0.1) is 11.3 Å². The van der Waals surface area contributed by atoms with Gasteiger partial charge >= 0.3 is 0 Å². The van der Waals surface area contributed by atoms with Crippen molar-refractivity contribution in [2.75, 3.05) is 31.6 Å². The van der Waals surface area contributed by atoms with Gasteiger partial charge in [-0.25, -0.2) is 10.1 Å². The van der Waals surface area contributed by atoms with E-state index >= 15 is 0 Å². The van der Waals surface area contributed by atoms with Crippen LogP contribution in [0.5, 0.6) is 0 Å². The van der Waals surface area contributed by atoms with E-state index < -0.39 is 0 Å². The zero-order valence-corrected chi connectivity index (χ0v) is 18.0. The highest BCUT2D eigenvalue weighted by Gasteiger charge is 2.26. The van der Waals surface area contributed by atoms with E-state index in [-0.39, 0.29) is 17.5 Å². The van der Waals surface area contributed by atoms with Gasteiger partial charge in [0.2, 0.25) is 5.91 Å². The Kier molecular flexibility index (Phi) is 7.54. The van der Waals surface area contributed by atoms with Gasteiger partial charge in [-0.3, -0.25) is 9.59 Å². The van der Waals surface area contributed by atoms with Crippen molar-refractivity contribution in [1.29, 1.82) is 5.26 Å². The fraction of sp³-hybridized carbons (Fsp3) is 0.550. The van der Waals surface area contributed by atoms with Crippen LogP contribution < -0.4 is 10.9 Å². The third-order valence-electron chi connectivity index (χ3n) is 5.10. The Balaban J connectivity index is 1.34. The average Bonchev–Trinajstić information content (AvgIpc) is 3.38. The van der Waals surface area contributed by atoms with Crippen LogP contribution in [-0.4, -0.2) is 58.3 Å². The number of carbonyl (C=O) groups excluding carboxylic acids is 1. The highest BCUT2D eigenvalue weighted by Crippen LogP contribution is 2.23. The molecule has 2 aromatic heterocycles. The standard InChI is InChI=1S/C20H26N6O3S/c1-13(24-17-10-23-25-20(28)14(17)2)12-29-6-4-19(27)26-5-3-15(11-26)7-18-22-9-16(8-21)30-18/h9-10,13,15H,3-7,11-12H2,1-2H3,(H2,24,25,28)/t13-,15?/m0/s1. The third-order valence-corrected chi connectivity index (χ3v) is 6.02. The van der Waals surface area contributed by atoms with Crippen molar-refractivity contribution in [3.63, 3.8) is 0 Å². The quantitative estimate of drug-likeness (QED) is 0.580. The lowest BCUT2D eigenvalue weighted by atomic mass is 10.1. The molecular formula is C20H26N6O3S. The fourth-order valence-corrected chi connectivity index (χ4v) is 4.25. The number of anilines is 1. The molecule has 1 amide bonds. The normalized spacial score (nSPS) is 17.0. The third kappa shape index (κ3) is 5.87. The van der Waals surface area contributed by atoms with Crippen LogP contribution >= 0.6 is 11.3 Å². The van der Waals surface area contributed by atoms with E-state index in [1.165, 1.54) is 11.3 Å². The number of hydrogen-bond acceptors (Lipinski definition) is 8. The SMILES string of the molecule is Cc1c(N[C@@H](C)COCCC(=O)N2CCC(Cc3ncc(C#N)s3)C2)cn[nH]c1=O. The predicted octanol–water partition coefficient (Wildman–Crippen LogP) is 1.70. The molecule has 9 nitrogen and oxygen atoms in total. The van der Waals surface area contributed by atoms with Gasteiger partial charge in [0.25, 0.3) is 5.56 Å². The first kappa shape index (κ1) is 21.9. The molecule has 0 aliphatic carbocycles. The lowest BCUT2D eigenvalue weighted by molar-refractivity contribution is -0.131. The summed E-state index contributed by atoms with van der Waals surface area (Å²) in [6, 6.07) is 2.09. The molecule has 0 radical (unpaired) electrons. The second kappa shape index (κ2) is 10.3. The van der Waals surface area contributed by atoms with Crippen LogP contribution in [0.2, 0.25) is 0 Å². The number of likely N-dealkylation sites (tertiary alicyclic amines) is 1. The van der Waals surface area contributed by atoms with Crippen molar-refractivity contribution < 1.29 is 9.53 Å². The molecule has 30 heavy (non-hydrogen) atoms. The van der Waals surface area contributed by atoms with Crippen LogP contribution in [0.4, 0.5) is 5.69 Å². The van der Waals surface area contributed by atoms with Crippen LogP contribution in [0.3, 0.4) is 0 Å². The molecule has 0 saturated carbocycles. The maximum absolute atomic E-state index is 12.4. The molecule has 1 aliphatic heterocycles. The van der Waals surface area contributed by atoms with Crippen molar-refractivity contribution in [3.05, 3.63) is 38.2 Å². The number of nitrogens with one attached hydrogen (secondary N) is 2. The monoisotopic (exact) mass is 430 g/mol. The summed E-state index contributed by atoms with van der Waals surface area (Å²) < 4.78 is 5.65. The lowest BCUT2D eigenvalue weighted by Crippen LogP contribution is -2.30. The van der Waals surface area contributed by atoms with E-state index in [1.807, 2.05) is 11.8 Å². The van der Waals surface area contributed by atoms with Gasteiger partial charge < -0.3 is 15.0 Å². The number of thiazole rings is 1. The summed E-state index contributed by atoms with van der Waals surface area (Å²) in [5, 5.41) is 19.2. The molecule has 2 N–H and O–H groups in total. The molecule has 1 saturated heterocycles. The van der Waals surface area contributed by atoms with E-state index in [9.17, 15) is 9.59 Å². The number of rotatable bonds is 9. The first-order valence-electron chi connectivity index (χ1n) is 9.97. The van der Waals surface area contributed by atoms with Gasteiger partial charge in [0.15, 0.2) is 0 Å². The number of nitriles is 1. The molecule has 10 heteroatoms. The summed E-state index contributed by atoms with van der Waals surface area (Å²) in [7, 11) is 0. The molecule has 2 aromatic rings. The minimum atomic E-state index is -0.219. The number of hydrogen-bond donors (Lipinski definition) is 2. The predicted molar refractivity (Wildman–Crippen MR) is 113 cm³/mol. The van der Waals surface area contributed by atoms with E-state index in [0.717, 1.165) is 30.9 Å². The van der Waals surface area contributed by atoms with Gasteiger partial charge in [-0.2, -0.15) is 10.4 Å². The molecular weight excluding hydrogens is 404 g/mol. The smallest absolute Gasteiger partial charge is 0.269 e. The lowest BCUT2D eigenvalue weighted by Gasteiger charge is -2.18. The van der Waals surface area contributed by atoms with Gasteiger partial charge in [-0.05, 0) is 26.2 Å². The molecule has 2 atom stereocenters. The maximum Gasteiger partial charge on any atom is 0.269 e. The number of amides is 1. The Morgan fingerprint density at radius 3 is 3.13 bits per heavy atom. The number of H-pyrrole nitrogens is 1. The zero-order chi connectivity index (χ0) is 21.5. The van der Waals surface area contributed by atoms with Crippen LogP contribution in [0, 0.1) is 24.2 Å². The van der Waals surface area contributed by atoms with Crippen molar-refractivity contribution in [2.45, 2.75) is 39.2 Å². The van der Waals surface area contributed by atoms with E-state index in [4.69, 9.17) is 10.00 Å². The fourth-order valence-electron chi connectivity index (χ4n) is 3.42. The van der Waals surface area contributed by atoms with Crippen molar-refractivity contribution in [3.8, 4) is 6.07 Å². The molecule has 3 rings (SSSR count). The van der Waals surface area contributed by atoms with Crippen molar-refractivity contribution >= 4 is 22.9 Å². The van der Waals surface area contributed by atoms with Crippen LogP contribution in [0.25, 0.3) is 0 Å². The summed E-state index contributed by atoms with van der Waals surface area (Å²) >= 11 is 1.43. The Morgan fingerprint density at radius 2 is 2.37 bits per heavy atom. The first-order valence-corrected chi connectivity index (χ1v) is 10.8. The molecule has 0 aromatic carbocycles. The van der Waals surface area contributed by atoms with Crippen LogP contribution in [0.1, 0.15) is 35.2 Å². The Hall–Kier alpha value is -2.77. The molecule has 0 spiro atoms. The van der Waals surface area contributed by atoms with E-state index in [1.54, 1.807) is 19.3 Å². The largest absolute Gasteiger partial charge is 0.379 e. The van der Waals surface area contributed by atoms with Gasteiger partial charge in [0.05, 0.1) is 42.7 Å². The molecule has 1 aliphatic rings. The highest BCUT2D eigenvalue weighted by molar-refractivity contribution is 7.12. The van der Waals surface area contributed by atoms with Crippen molar-refractivity contribution in [1.82, 2.24) is 20.1 Å². The molecule has 1 unspecified atom stereocenters. The second-order valence-electron chi connectivity index (χ2n) is 7.54. The molecule has 1 fully saturated rings. The second-order valence-corrected chi connectivity index (χ2v) is 8.65. The van der Waals surface area contributed by atoms with E-state index in [0.29, 0.717) is 41.7 Å². The molecule has 0 bridgehead atoms. The van der Waals surface area contributed by atoms with Crippen molar-refractivity contribution in [2.24, 2.45) is 5.92 Å². The van der Waals surface area contributed by atoms with Gasteiger partial charge in [0.1, 0.15) is 10.9 Å². The minimum Gasteiger partial charge on any atom is -0.379 e. The summed E-state index contributed by atoms with van der Waals surface area (Å²) in [4.78, 5) is 30.8. The number of aromatic nitrogens is 3. The van der Waals surface area contributed by atoms with Crippen LogP contribution in [0.15, 0.2) is 17.2 Å². The minimum absolute atomic E-state index is 0.0184. The number of aromatic amines is 1. The average molecular weight is 431 g/mol. The number of nitrogens with zero attached hydrogens (tertiary/aromatic N) is 4. The summed E-state index contributed by atoms with van der Waals surface area (Å²) in [5.74, 6) is 0.493. The topological polar surface area (TPSA) is 124 Å². The zero-order valence-electron chi connectivity index (χ0n) is 17.2. The number of ether oxygens (including phenoxy) is 1. The Labute approximate surface area is 179 Å². The number of carbonyl (C=O) groups is 1. The molecule has 3 heterocycles. The Bertz CT molecular complexity index is 966. The summed E-state index contributed by atoms with van der Waals surface area (Å²) in [5.41, 5.74) is 1.04. The first-order chi connectivity index (χ1) is 14.5. The molecule has 160 valence electrons. The van der Waals surface area contributed by atoms with E-state index in [2.05, 4.69) is 26.6 Å². The van der Waals surface area contributed by atoms with Gasteiger partial charge in [0, 0.05) is 31.1 Å². The van der Waals surface area contributed by atoms with Crippen LogP contribution in [-0.2, 0) is 16.0 Å².